The molecule has 5 atom stereocenters. The summed E-state index contributed by atoms with van der Waals surface area (Å²) in [5, 5.41) is 10.8. The fourth-order valence-corrected chi connectivity index (χ4v) is 3.82. The topological polar surface area (TPSA) is 135 Å². The molecule has 1 N–H and O–H groups in total. The van der Waals surface area contributed by atoms with Gasteiger partial charge >= 0.3 is 23.9 Å². The number of hydrogen-bond acceptors (Lipinski definition) is 10. The van der Waals surface area contributed by atoms with Gasteiger partial charge in [-0.05, 0) is 5.57 Å². The van der Waals surface area contributed by atoms with E-state index in [0.29, 0.717) is 0 Å². The van der Waals surface area contributed by atoms with Crippen molar-refractivity contribution in [2.45, 2.75) is 18.3 Å². The molecule has 2 bridgehead atoms. The van der Waals surface area contributed by atoms with Crippen molar-refractivity contribution in [2.24, 2.45) is 23.7 Å². The maximum Gasteiger partial charge on any atom is 0.320 e. The van der Waals surface area contributed by atoms with E-state index < -0.39 is 59.4 Å². The van der Waals surface area contributed by atoms with Crippen LogP contribution in [0.25, 0.3) is 0 Å². The summed E-state index contributed by atoms with van der Waals surface area (Å²) in [7, 11) is 4.41. The van der Waals surface area contributed by atoms with Gasteiger partial charge < -0.3 is 28.8 Å². The first-order valence-electron chi connectivity index (χ1n) is 8.07. The van der Waals surface area contributed by atoms with Gasteiger partial charge in [0.05, 0.1) is 40.5 Å². The standard InChI is InChI=1S/C17H22O10/c1-7-9(13(18)23-2)11(16(21)26-5)12-8(6-17(7,22)27-12)10(14(19)24-3)15(20)25-4/h8-12,22H,1,6H2,2-5H3/t8-,9+,11-,12+,17-/m1/s1. The lowest BCUT2D eigenvalue weighted by molar-refractivity contribution is -0.216. The van der Waals surface area contributed by atoms with Crippen LogP contribution in [-0.4, -0.2) is 69.3 Å². The molecule has 0 aromatic carbocycles. The number of hydrogen-bond donors (Lipinski definition) is 1. The molecule has 150 valence electrons. The van der Waals surface area contributed by atoms with Gasteiger partial charge in [-0.25, -0.2) is 0 Å². The van der Waals surface area contributed by atoms with Crippen molar-refractivity contribution in [3.8, 4) is 0 Å². The molecule has 27 heavy (non-hydrogen) atoms. The first-order valence-corrected chi connectivity index (χ1v) is 8.07. The minimum Gasteiger partial charge on any atom is -0.469 e. The smallest absolute Gasteiger partial charge is 0.320 e. The van der Waals surface area contributed by atoms with Crippen LogP contribution in [-0.2, 0) is 42.9 Å². The number of carbonyl (C=O) groups excluding carboxylic acids is 4. The third kappa shape index (κ3) is 3.30. The Morgan fingerprint density at radius 3 is 2.00 bits per heavy atom. The minimum absolute atomic E-state index is 0.114. The van der Waals surface area contributed by atoms with E-state index in [0.717, 1.165) is 28.4 Å². The molecule has 0 unspecified atom stereocenters. The average molecular weight is 386 g/mol. The largest absolute Gasteiger partial charge is 0.469 e. The van der Waals surface area contributed by atoms with Crippen molar-refractivity contribution in [3.63, 3.8) is 0 Å². The molecular formula is C17H22O10. The lowest BCUT2D eigenvalue weighted by atomic mass is 9.76. The van der Waals surface area contributed by atoms with Crippen molar-refractivity contribution < 1.29 is 48.0 Å². The molecule has 0 radical (unpaired) electrons. The lowest BCUT2D eigenvalue weighted by Gasteiger charge is -2.40. The molecular weight excluding hydrogens is 364 g/mol. The van der Waals surface area contributed by atoms with E-state index in [2.05, 4.69) is 16.1 Å². The Balaban J connectivity index is 2.57. The van der Waals surface area contributed by atoms with Gasteiger partial charge in [-0.3, -0.25) is 19.2 Å². The van der Waals surface area contributed by atoms with E-state index in [1.54, 1.807) is 0 Å². The Morgan fingerprint density at radius 2 is 1.56 bits per heavy atom. The zero-order valence-electron chi connectivity index (χ0n) is 15.4. The van der Waals surface area contributed by atoms with Gasteiger partial charge in [-0.2, -0.15) is 0 Å². The number of carbonyl (C=O) groups is 4. The van der Waals surface area contributed by atoms with Gasteiger partial charge in [-0.15, -0.1) is 0 Å². The van der Waals surface area contributed by atoms with Crippen molar-refractivity contribution in [1.29, 1.82) is 0 Å². The highest BCUT2D eigenvalue weighted by molar-refractivity contribution is 5.95. The molecule has 0 saturated carbocycles. The monoisotopic (exact) mass is 386 g/mol. The molecule has 0 aliphatic carbocycles. The number of fused-ring (bicyclic) bond motifs is 2. The van der Waals surface area contributed by atoms with Gasteiger partial charge in [0.15, 0.2) is 11.7 Å². The van der Waals surface area contributed by atoms with Crippen molar-refractivity contribution >= 4 is 23.9 Å². The number of ether oxygens (including phenoxy) is 5. The molecule has 2 saturated heterocycles. The summed E-state index contributed by atoms with van der Waals surface area (Å²) in [4.78, 5) is 49.1. The summed E-state index contributed by atoms with van der Waals surface area (Å²) in [6.45, 7) is 3.69. The fraction of sp³-hybridized carbons (Fsp3) is 0.647. The Morgan fingerprint density at radius 1 is 1.04 bits per heavy atom. The summed E-state index contributed by atoms with van der Waals surface area (Å²) in [5.74, 6) is -10.6. The zero-order valence-corrected chi connectivity index (χ0v) is 15.4. The predicted octanol–water partition coefficient (Wildman–Crippen LogP) is -0.809. The summed E-state index contributed by atoms with van der Waals surface area (Å²) >= 11 is 0. The molecule has 0 aromatic heterocycles. The van der Waals surface area contributed by atoms with Crippen LogP contribution in [0, 0.1) is 23.7 Å². The predicted molar refractivity (Wildman–Crippen MR) is 85.6 cm³/mol. The maximum atomic E-state index is 12.4. The maximum absolute atomic E-state index is 12.4. The number of esters is 4. The van der Waals surface area contributed by atoms with Crippen LogP contribution in [0.15, 0.2) is 12.2 Å². The lowest BCUT2D eigenvalue weighted by Crippen LogP contribution is -2.52. The van der Waals surface area contributed by atoms with E-state index in [1.165, 1.54) is 0 Å². The minimum atomic E-state index is -2.03. The zero-order chi connectivity index (χ0) is 20.5. The molecule has 2 rings (SSSR count). The van der Waals surface area contributed by atoms with E-state index in [9.17, 15) is 24.3 Å². The third-order valence-corrected chi connectivity index (χ3v) is 5.12. The Kier molecular flexibility index (Phi) is 5.91. The van der Waals surface area contributed by atoms with E-state index in [4.69, 9.17) is 14.2 Å². The molecule has 0 spiro atoms. The van der Waals surface area contributed by atoms with Crippen LogP contribution in [0.3, 0.4) is 0 Å². The molecule has 0 amide bonds. The first-order chi connectivity index (χ1) is 12.7. The van der Waals surface area contributed by atoms with Crippen LogP contribution in [0.1, 0.15) is 6.42 Å². The van der Waals surface area contributed by atoms with Crippen molar-refractivity contribution in [3.05, 3.63) is 12.2 Å². The van der Waals surface area contributed by atoms with Gasteiger partial charge in [-0.1, -0.05) is 6.58 Å². The van der Waals surface area contributed by atoms with Gasteiger partial charge in [0, 0.05) is 12.3 Å². The molecule has 10 nitrogen and oxygen atoms in total. The summed E-state index contributed by atoms with van der Waals surface area (Å²) < 4.78 is 24.4. The Hall–Kier alpha value is -2.46. The van der Waals surface area contributed by atoms with E-state index >= 15 is 0 Å². The summed E-state index contributed by atoms with van der Waals surface area (Å²) in [5.41, 5.74) is -0.114. The third-order valence-electron chi connectivity index (χ3n) is 5.12. The normalized spacial score (nSPS) is 32.0. The SMILES string of the molecule is C=C1[C@H](C(=O)OC)[C@@H](C(=O)OC)[C@H]2O[C@]1(O)C[C@@H]2C(C(=O)OC)C(=O)OC. The molecule has 10 heteroatoms. The fourth-order valence-electron chi connectivity index (χ4n) is 3.82. The van der Waals surface area contributed by atoms with Crippen LogP contribution >= 0.6 is 0 Å². The van der Waals surface area contributed by atoms with Gasteiger partial charge in [0.2, 0.25) is 0 Å². The Labute approximate surface area is 155 Å². The second kappa shape index (κ2) is 7.65. The van der Waals surface area contributed by atoms with Crippen LogP contribution in [0.5, 0.6) is 0 Å². The molecule has 2 fully saturated rings. The first kappa shape index (κ1) is 20.8. The molecule has 2 aliphatic rings. The van der Waals surface area contributed by atoms with Gasteiger partial charge in [0.25, 0.3) is 0 Å². The van der Waals surface area contributed by atoms with Gasteiger partial charge in [0.1, 0.15) is 5.92 Å². The highest BCUT2D eigenvalue weighted by Crippen LogP contribution is 2.53. The molecule has 2 aliphatic heterocycles. The number of methoxy groups -OCH3 is 4. The Bertz CT molecular complexity index is 655. The van der Waals surface area contributed by atoms with Crippen LogP contribution < -0.4 is 0 Å². The highest BCUT2D eigenvalue weighted by atomic mass is 16.6. The number of rotatable bonds is 5. The summed E-state index contributed by atoms with van der Waals surface area (Å²) in [6.07, 6.45) is -1.48. The molecule has 2 heterocycles. The van der Waals surface area contributed by atoms with Crippen LogP contribution in [0.4, 0.5) is 0 Å². The second-order valence-corrected chi connectivity index (χ2v) is 6.33. The van der Waals surface area contributed by atoms with E-state index in [-0.39, 0.29) is 12.0 Å². The second-order valence-electron chi connectivity index (χ2n) is 6.33. The quantitative estimate of drug-likeness (QED) is 0.277. The van der Waals surface area contributed by atoms with Crippen LogP contribution in [0.2, 0.25) is 0 Å². The van der Waals surface area contributed by atoms with Crippen molar-refractivity contribution in [2.75, 3.05) is 28.4 Å². The number of aliphatic hydroxyl groups is 1. The molecule has 0 aromatic rings. The van der Waals surface area contributed by atoms with Crippen molar-refractivity contribution in [1.82, 2.24) is 0 Å². The average Bonchev–Trinajstić information content (AvgIpc) is 2.97. The van der Waals surface area contributed by atoms with E-state index in [1.807, 2.05) is 0 Å². The summed E-state index contributed by atoms with van der Waals surface area (Å²) in [6, 6.07) is 0. The highest BCUT2D eigenvalue weighted by Gasteiger charge is 2.65.